The third-order valence-corrected chi connectivity index (χ3v) is 3.79. The zero-order valence-corrected chi connectivity index (χ0v) is 11.7. The Hall–Kier alpha value is -1.66. The van der Waals surface area contributed by atoms with Gasteiger partial charge in [0.2, 0.25) is 0 Å². The minimum Gasteiger partial charge on any atom is -0.481 e. The van der Waals surface area contributed by atoms with Crippen LogP contribution in [0.1, 0.15) is 13.8 Å². The van der Waals surface area contributed by atoms with Crippen LogP contribution in [0.5, 0.6) is 0 Å². The standard InChI is InChI=1S/C11H14O3S.C2H4O2/c1-10(7-8-12)9-15(13,14)11-5-3-2-4-6-11;1-2(3)4/h2-7,12H,8-9H2,1H3;1H3,(H,3,4). The Morgan fingerprint density at radius 3 is 2.11 bits per heavy atom. The van der Waals surface area contributed by atoms with Crippen LogP contribution in [0.4, 0.5) is 0 Å². The fourth-order valence-corrected chi connectivity index (χ4v) is 2.68. The number of sulfone groups is 1. The Balaban J connectivity index is 0.000000711. The first-order chi connectivity index (χ1) is 8.79. The second kappa shape index (κ2) is 8.44. The Bertz CT molecular complexity index is 513. The minimum atomic E-state index is -3.26. The number of aliphatic hydroxyl groups is 1. The predicted molar refractivity (Wildman–Crippen MR) is 72.6 cm³/mol. The summed E-state index contributed by atoms with van der Waals surface area (Å²) in [6, 6.07) is 8.30. The zero-order chi connectivity index (χ0) is 14.9. The van der Waals surface area contributed by atoms with Crippen molar-refractivity contribution in [3.8, 4) is 0 Å². The molecule has 6 heteroatoms. The number of aliphatic carboxylic acids is 1. The average molecular weight is 286 g/mol. The van der Waals surface area contributed by atoms with E-state index in [9.17, 15) is 8.42 Å². The first-order valence-corrected chi connectivity index (χ1v) is 7.18. The van der Waals surface area contributed by atoms with Crippen molar-refractivity contribution in [2.24, 2.45) is 0 Å². The van der Waals surface area contributed by atoms with Crippen LogP contribution in [-0.2, 0) is 14.6 Å². The van der Waals surface area contributed by atoms with Gasteiger partial charge in [-0.15, -0.1) is 0 Å². The van der Waals surface area contributed by atoms with Crippen LogP contribution in [0.25, 0.3) is 0 Å². The second-order valence-electron chi connectivity index (χ2n) is 3.82. The van der Waals surface area contributed by atoms with Crippen LogP contribution in [0.3, 0.4) is 0 Å². The third-order valence-electron chi connectivity index (χ3n) is 1.96. The lowest BCUT2D eigenvalue weighted by molar-refractivity contribution is -0.134. The van der Waals surface area contributed by atoms with E-state index in [2.05, 4.69) is 0 Å². The number of carboxylic acid groups (broad SMARTS) is 1. The maximum atomic E-state index is 11.8. The van der Waals surface area contributed by atoms with Gasteiger partial charge < -0.3 is 10.2 Å². The molecule has 2 N–H and O–H groups in total. The van der Waals surface area contributed by atoms with Crippen molar-refractivity contribution >= 4 is 15.8 Å². The summed E-state index contributed by atoms with van der Waals surface area (Å²) in [5, 5.41) is 16.0. The number of benzene rings is 1. The van der Waals surface area contributed by atoms with Gasteiger partial charge in [-0.25, -0.2) is 8.42 Å². The van der Waals surface area contributed by atoms with Crippen molar-refractivity contribution in [3.63, 3.8) is 0 Å². The lowest BCUT2D eigenvalue weighted by atomic mass is 10.3. The van der Waals surface area contributed by atoms with Gasteiger partial charge in [0.1, 0.15) is 0 Å². The van der Waals surface area contributed by atoms with E-state index in [0.717, 1.165) is 6.92 Å². The molecule has 0 atom stereocenters. The molecule has 0 bridgehead atoms. The number of aliphatic hydroxyl groups excluding tert-OH is 1. The summed E-state index contributed by atoms with van der Waals surface area (Å²) < 4.78 is 23.6. The SMILES string of the molecule is CC(=CCO)CS(=O)(=O)c1ccccc1.CC(=O)O. The van der Waals surface area contributed by atoms with Crippen molar-refractivity contribution in [1.29, 1.82) is 0 Å². The van der Waals surface area contributed by atoms with Gasteiger partial charge in [0.05, 0.1) is 17.3 Å². The molecule has 0 radical (unpaired) electrons. The van der Waals surface area contributed by atoms with Gasteiger partial charge in [-0.2, -0.15) is 0 Å². The molecule has 1 rings (SSSR count). The first kappa shape index (κ1) is 17.3. The summed E-state index contributed by atoms with van der Waals surface area (Å²) in [5.41, 5.74) is 0.654. The largest absolute Gasteiger partial charge is 0.481 e. The second-order valence-corrected chi connectivity index (χ2v) is 5.81. The molecule has 5 nitrogen and oxygen atoms in total. The molecule has 0 aliphatic heterocycles. The van der Waals surface area contributed by atoms with Gasteiger partial charge in [0.15, 0.2) is 9.84 Å². The summed E-state index contributed by atoms with van der Waals surface area (Å²) in [7, 11) is -3.26. The van der Waals surface area contributed by atoms with Crippen LogP contribution in [0.2, 0.25) is 0 Å². The van der Waals surface area contributed by atoms with Crippen LogP contribution in [0, 0.1) is 0 Å². The van der Waals surface area contributed by atoms with E-state index < -0.39 is 15.8 Å². The fourth-order valence-electron chi connectivity index (χ4n) is 1.23. The van der Waals surface area contributed by atoms with Crippen LogP contribution in [-0.4, -0.2) is 37.0 Å². The number of hydrogen-bond donors (Lipinski definition) is 2. The predicted octanol–water partition coefficient (Wildman–Crippen LogP) is 1.49. The molecule has 0 aliphatic carbocycles. The molecule has 0 amide bonds. The maximum Gasteiger partial charge on any atom is 0.300 e. The average Bonchev–Trinajstić information content (AvgIpc) is 2.29. The quantitative estimate of drug-likeness (QED) is 0.818. The van der Waals surface area contributed by atoms with Crippen molar-refractivity contribution in [2.45, 2.75) is 18.7 Å². The molecule has 0 aliphatic rings. The van der Waals surface area contributed by atoms with Gasteiger partial charge in [-0.1, -0.05) is 29.8 Å². The van der Waals surface area contributed by atoms with E-state index in [1.165, 1.54) is 6.08 Å². The van der Waals surface area contributed by atoms with Gasteiger partial charge in [-0.05, 0) is 19.1 Å². The van der Waals surface area contributed by atoms with E-state index in [0.29, 0.717) is 10.5 Å². The molecule has 0 unspecified atom stereocenters. The molecule has 0 spiro atoms. The molecule has 0 saturated heterocycles. The highest BCUT2D eigenvalue weighted by Crippen LogP contribution is 2.12. The molecular formula is C13H18O5S. The van der Waals surface area contributed by atoms with Gasteiger partial charge in [-0.3, -0.25) is 4.79 Å². The van der Waals surface area contributed by atoms with E-state index >= 15 is 0 Å². The molecular weight excluding hydrogens is 268 g/mol. The lowest BCUT2D eigenvalue weighted by Gasteiger charge is -2.04. The summed E-state index contributed by atoms with van der Waals surface area (Å²) >= 11 is 0. The van der Waals surface area contributed by atoms with E-state index in [-0.39, 0.29) is 12.4 Å². The Morgan fingerprint density at radius 2 is 1.68 bits per heavy atom. The zero-order valence-electron chi connectivity index (χ0n) is 10.9. The van der Waals surface area contributed by atoms with Gasteiger partial charge in [0.25, 0.3) is 5.97 Å². The third kappa shape index (κ3) is 8.12. The Labute approximate surface area is 113 Å². The van der Waals surface area contributed by atoms with E-state index in [4.69, 9.17) is 15.0 Å². The number of hydrogen-bond acceptors (Lipinski definition) is 4. The van der Waals surface area contributed by atoms with Crippen molar-refractivity contribution in [1.82, 2.24) is 0 Å². The topological polar surface area (TPSA) is 91.7 Å². The van der Waals surface area contributed by atoms with Gasteiger partial charge in [0, 0.05) is 6.92 Å². The van der Waals surface area contributed by atoms with Crippen LogP contribution < -0.4 is 0 Å². The normalized spacial score (nSPS) is 11.4. The molecule has 106 valence electrons. The van der Waals surface area contributed by atoms with Gasteiger partial charge >= 0.3 is 0 Å². The molecule has 19 heavy (non-hydrogen) atoms. The fraction of sp³-hybridized carbons (Fsp3) is 0.308. The molecule has 0 saturated carbocycles. The summed E-state index contributed by atoms with van der Waals surface area (Å²) in [6.45, 7) is 2.65. The smallest absolute Gasteiger partial charge is 0.300 e. The summed E-state index contributed by atoms with van der Waals surface area (Å²) in [5.74, 6) is -0.877. The molecule has 0 fully saturated rings. The molecule has 0 heterocycles. The first-order valence-electron chi connectivity index (χ1n) is 5.53. The summed E-state index contributed by atoms with van der Waals surface area (Å²) in [4.78, 5) is 9.32. The highest BCUT2D eigenvalue weighted by Gasteiger charge is 2.13. The monoisotopic (exact) mass is 286 g/mol. The highest BCUT2D eigenvalue weighted by molar-refractivity contribution is 7.91. The maximum absolute atomic E-state index is 11.8. The van der Waals surface area contributed by atoms with Crippen LogP contribution in [0.15, 0.2) is 46.9 Å². The van der Waals surface area contributed by atoms with E-state index in [1.54, 1.807) is 37.3 Å². The highest BCUT2D eigenvalue weighted by atomic mass is 32.2. The van der Waals surface area contributed by atoms with Crippen molar-refractivity contribution in [3.05, 3.63) is 42.0 Å². The molecule has 1 aromatic carbocycles. The lowest BCUT2D eigenvalue weighted by Crippen LogP contribution is -2.07. The molecule has 0 aromatic heterocycles. The van der Waals surface area contributed by atoms with Crippen molar-refractivity contribution < 1.29 is 23.4 Å². The number of carbonyl (C=O) groups is 1. The number of rotatable bonds is 4. The Kier molecular flexibility index (Phi) is 7.71. The number of carboxylic acids is 1. The summed E-state index contributed by atoms with van der Waals surface area (Å²) in [6.07, 6.45) is 1.50. The minimum absolute atomic E-state index is 0.0441. The van der Waals surface area contributed by atoms with E-state index in [1.807, 2.05) is 0 Å². The molecule has 1 aromatic rings. The Morgan fingerprint density at radius 1 is 1.21 bits per heavy atom. The van der Waals surface area contributed by atoms with Crippen LogP contribution >= 0.6 is 0 Å². The van der Waals surface area contributed by atoms with Crippen molar-refractivity contribution in [2.75, 3.05) is 12.4 Å².